The van der Waals surface area contributed by atoms with E-state index >= 15 is 0 Å². The number of aromatic nitrogens is 2. The number of aryl methyl sites for hydroxylation is 2. The topological polar surface area (TPSA) is 201 Å². The number of nitrogens with zero attached hydrogens (tertiary/aromatic N) is 1. The van der Waals surface area contributed by atoms with Crippen LogP contribution in [0.5, 0.6) is 0 Å². The molecule has 0 saturated heterocycles. The number of hydrogen-bond acceptors (Lipinski definition) is 6. The number of H-pyrrole nitrogens is 2. The standard InChI is InChI=1S/C12H13N3O4.C12H14N2O2/c1-6-2-3-9-10(11(6)15(18)19)7(5-14-9)4-8(13)12(16)17;1-7-2-3-11-9(4-7)8(6-14-11)5-10(13)12(15)16/h2-3,5,8,14H,4,13H2,1H3,(H,16,17);2-4,6,10,14H,5,13H2,1H3,(H,15,16). The van der Waals surface area contributed by atoms with Gasteiger partial charge >= 0.3 is 11.9 Å². The van der Waals surface area contributed by atoms with Gasteiger partial charge in [0.1, 0.15) is 12.1 Å². The number of nitro groups is 1. The summed E-state index contributed by atoms with van der Waals surface area (Å²) in [6.07, 6.45) is 3.78. The lowest BCUT2D eigenvalue weighted by atomic mass is 10.0. The largest absolute Gasteiger partial charge is 0.480 e. The summed E-state index contributed by atoms with van der Waals surface area (Å²) in [5.74, 6) is -2.10. The molecule has 35 heavy (non-hydrogen) atoms. The van der Waals surface area contributed by atoms with Crippen molar-refractivity contribution in [1.82, 2.24) is 9.97 Å². The minimum absolute atomic E-state index is 0.00802. The quantitative estimate of drug-likeness (QED) is 0.171. The van der Waals surface area contributed by atoms with E-state index in [-0.39, 0.29) is 12.1 Å². The second-order valence-electron chi connectivity index (χ2n) is 8.39. The van der Waals surface area contributed by atoms with E-state index in [1.54, 1.807) is 25.3 Å². The Kier molecular flexibility index (Phi) is 7.52. The molecule has 184 valence electrons. The van der Waals surface area contributed by atoms with Gasteiger partial charge in [0.25, 0.3) is 5.69 Å². The molecule has 2 aromatic heterocycles. The first-order valence-electron chi connectivity index (χ1n) is 10.8. The summed E-state index contributed by atoms with van der Waals surface area (Å²) < 4.78 is 0. The summed E-state index contributed by atoms with van der Waals surface area (Å²) in [4.78, 5) is 38.2. The Balaban J connectivity index is 0.000000198. The zero-order valence-electron chi connectivity index (χ0n) is 19.2. The average Bonchev–Trinajstić information content (AvgIpc) is 3.37. The van der Waals surface area contributed by atoms with Gasteiger partial charge in [-0.25, -0.2) is 0 Å². The van der Waals surface area contributed by atoms with E-state index in [4.69, 9.17) is 21.7 Å². The summed E-state index contributed by atoms with van der Waals surface area (Å²) in [6.45, 7) is 3.65. The number of carbonyl (C=O) groups is 2. The number of benzene rings is 2. The van der Waals surface area contributed by atoms with Gasteiger partial charge in [-0.05, 0) is 43.2 Å². The van der Waals surface area contributed by atoms with Gasteiger partial charge in [-0.1, -0.05) is 17.7 Å². The van der Waals surface area contributed by atoms with Crippen molar-refractivity contribution in [2.24, 2.45) is 11.5 Å². The van der Waals surface area contributed by atoms with E-state index in [0.29, 0.717) is 28.5 Å². The summed E-state index contributed by atoms with van der Waals surface area (Å²) in [5, 5.41) is 30.2. The number of carboxylic acids is 2. The van der Waals surface area contributed by atoms with Crippen LogP contribution < -0.4 is 11.5 Å². The number of fused-ring (bicyclic) bond motifs is 2. The van der Waals surface area contributed by atoms with Crippen LogP contribution in [0.4, 0.5) is 5.69 Å². The van der Waals surface area contributed by atoms with Gasteiger partial charge in [-0.3, -0.25) is 19.7 Å². The fraction of sp³-hybridized carbons (Fsp3) is 0.250. The molecule has 2 atom stereocenters. The van der Waals surface area contributed by atoms with Gasteiger partial charge in [-0.2, -0.15) is 0 Å². The van der Waals surface area contributed by atoms with Crippen LogP contribution >= 0.6 is 0 Å². The summed E-state index contributed by atoms with van der Waals surface area (Å²) in [6, 6.07) is 7.49. The number of aliphatic carboxylic acids is 2. The number of hydrogen-bond donors (Lipinski definition) is 6. The number of rotatable bonds is 7. The highest BCUT2D eigenvalue weighted by Crippen LogP contribution is 2.32. The minimum Gasteiger partial charge on any atom is -0.480 e. The van der Waals surface area contributed by atoms with E-state index in [2.05, 4.69) is 9.97 Å². The Labute approximate surface area is 199 Å². The number of aromatic amines is 2. The molecule has 0 fully saturated rings. The first-order valence-corrected chi connectivity index (χ1v) is 10.8. The predicted molar refractivity (Wildman–Crippen MR) is 131 cm³/mol. The van der Waals surface area contributed by atoms with Crippen LogP contribution in [0.3, 0.4) is 0 Å². The molecule has 0 aliphatic carbocycles. The smallest absolute Gasteiger partial charge is 0.320 e. The Morgan fingerprint density at radius 1 is 0.943 bits per heavy atom. The highest BCUT2D eigenvalue weighted by molar-refractivity contribution is 5.93. The lowest BCUT2D eigenvalue weighted by Crippen LogP contribution is -2.32. The molecule has 4 rings (SSSR count). The molecule has 4 aromatic rings. The highest BCUT2D eigenvalue weighted by Gasteiger charge is 2.22. The zero-order chi connectivity index (χ0) is 25.9. The summed E-state index contributed by atoms with van der Waals surface area (Å²) in [5.41, 5.74) is 15.8. The van der Waals surface area contributed by atoms with E-state index in [1.807, 2.05) is 31.3 Å². The molecule has 0 aliphatic heterocycles. The van der Waals surface area contributed by atoms with E-state index in [9.17, 15) is 19.7 Å². The maximum absolute atomic E-state index is 11.1. The Morgan fingerprint density at radius 2 is 1.49 bits per heavy atom. The van der Waals surface area contributed by atoms with Crippen LogP contribution in [0, 0.1) is 24.0 Å². The fourth-order valence-corrected chi connectivity index (χ4v) is 3.88. The molecule has 2 aromatic carbocycles. The second kappa shape index (κ2) is 10.4. The molecular weight excluding hydrogens is 454 g/mol. The Bertz CT molecular complexity index is 1410. The monoisotopic (exact) mass is 481 g/mol. The molecule has 11 heteroatoms. The number of nitrogens with one attached hydrogen (secondary N) is 2. The minimum atomic E-state index is -1.13. The Hall–Kier alpha value is -4.22. The molecule has 2 unspecified atom stereocenters. The van der Waals surface area contributed by atoms with Crippen LogP contribution in [-0.2, 0) is 22.4 Å². The van der Waals surface area contributed by atoms with Crippen LogP contribution in [-0.4, -0.2) is 49.1 Å². The van der Waals surface area contributed by atoms with Crippen molar-refractivity contribution >= 4 is 39.4 Å². The van der Waals surface area contributed by atoms with Gasteiger partial charge in [-0.15, -0.1) is 0 Å². The van der Waals surface area contributed by atoms with E-state index < -0.39 is 28.9 Å². The molecule has 0 saturated carbocycles. The van der Waals surface area contributed by atoms with Crippen molar-refractivity contribution < 1.29 is 24.7 Å². The predicted octanol–water partition coefficient (Wildman–Crippen LogP) is 2.77. The van der Waals surface area contributed by atoms with Gasteiger partial charge in [0, 0.05) is 41.7 Å². The van der Waals surface area contributed by atoms with E-state index in [0.717, 1.165) is 22.0 Å². The van der Waals surface area contributed by atoms with Gasteiger partial charge < -0.3 is 31.6 Å². The van der Waals surface area contributed by atoms with Crippen molar-refractivity contribution in [3.8, 4) is 0 Å². The van der Waals surface area contributed by atoms with Crippen LogP contribution in [0.25, 0.3) is 21.8 Å². The number of nitrogens with two attached hydrogens (primary N) is 2. The number of nitro benzene ring substituents is 1. The SMILES string of the molecule is Cc1ccc2[nH]cc(CC(N)C(=O)O)c2c1.Cc1ccc2[nH]cc(CC(N)C(=O)O)c2c1[N+](=O)[O-]. The van der Waals surface area contributed by atoms with Crippen molar-refractivity contribution in [3.63, 3.8) is 0 Å². The molecule has 0 aliphatic rings. The molecular formula is C24H27N5O6. The normalized spacial score (nSPS) is 12.7. The van der Waals surface area contributed by atoms with Crippen LogP contribution in [0.15, 0.2) is 42.7 Å². The first kappa shape index (κ1) is 25.4. The van der Waals surface area contributed by atoms with Gasteiger partial charge in [0.15, 0.2) is 0 Å². The average molecular weight is 482 g/mol. The molecule has 0 radical (unpaired) electrons. The lowest BCUT2D eigenvalue weighted by Gasteiger charge is -2.06. The van der Waals surface area contributed by atoms with Crippen molar-refractivity contribution in [1.29, 1.82) is 0 Å². The van der Waals surface area contributed by atoms with Gasteiger partial charge in [0.2, 0.25) is 0 Å². The maximum atomic E-state index is 11.1. The molecule has 0 spiro atoms. The zero-order valence-corrected chi connectivity index (χ0v) is 19.2. The van der Waals surface area contributed by atoms with Crippen molar-refractivity contribution in [2.75, 3.05) is 0 Å². The highest BCUT2D eigenvalue weighted by atomic mass is 16.6. The third kappa shape index (κ3) is 5.65. The Morgan fingerprint density at radius 3 is 2.09 bits per heavy atom. The third-order valence-corrected chi connectivity index (χ3v) is 5.72. The van der Waals surface area contributed by atoms with Crippen LogP contribution in [0.1, 0.15) is 22.3 Å². The van der Waals surface area contributed by atoms with Gasteiger partial charge in [0.05, 0.1) is 15.8 Å². The summed E-state index contributed by atoms with van der Waals surface area (Å²) in [7, 11) is 0. The molecule has 0 amide bonds. The summed E-state index contributed by atoms with van der Waals surface area (Å²) >= 11 is 0. The maximum Gasteiger partial charge on any atom is 0.320 e. The number of carboxylic acid groups (broad SMARTS) is 2. The third-order valence-electron chi connectivity index (χ3n) is 5.72. The fourth-order valence-electron chi connectivity index (χ4n) is 3.88. The van der Waals surface area contributed by atoms with Crippen molar-refractivity contribution in [2.45, 2.75) is 38.8 Å². The van der Waals surface area contributed by atoms with E-state index in [1.165, 1.54) is 0 Å². The molecule has 2 heterocycles. The lowest BCUT2D eigenvalue weighted by molar-refractivity contribution is -0.383. The first-order chi connectivity index (χ1) is 16.5. The van der Waals surface area contributed by atoms with Crippen molar-refractivity contribution in [3.05, 3.63) is 75.1 Å². The second-order valence-corrected chi connectivity index (χ2v) is 8.39. The van der Waals surface area contributed by atoms with Crippen LogP contribution in [0.2, 0.25) is 0 Å². The molecule has 8 N–H and O–H groups in total. The molecule has 11 nitrogen and oxygen atoms in total. The molecule has 0 bridgehead atoms.